The van der Waals surface area contributed by atoms with E-state index < -0.39 is 0 Å². The fraction of sp³-hybridized carbons (Fsp3) is 0.600. The summed E-state index contributed by atoms with van der Waals surface area (Å²) >= 11 is 0. The van der Waals surface area contributed by atoms with Crippen LogP contribution in [-0.4, -0.2) is 11.2 Å². The van der Waals surface area contributed by atoms with Crippen LogP contribution in [0.2, 0.25) is 0 Å². The summed E-state index contributed by atoms with van der Waals surface area (Å²) in [5.41, 5.74) is 3.32. The Hall–Kier alpha value is 0.214. The number of hydrogen-bond acceptors (Lipinski definition) is 1. The Morgan fingerprint density at radius 2 is 1.67 bits per heavy atom. The molecule has 2 aliphatic rings. The maximum Gasteiger partial charge on any atom is 3.00 e. The van der Waals surface area contributed by atoms with E-state index in [1.165, 1.54) is 16.7 Å². The topological polar surface area (TPSA) is 9.23 Å². The van der Waals surface area contributed by atoms with Gasteiger partial charge < -0.3 is 29.6 Å². The Morgan fingerprint density at radius 3 is 2.08 bits per heavy atom. The number of ether oxygens (including phenoxy) is 1. The van der Waals surface area contributed by atoms with Crippen LogP contribution in [0.1, 0.15) is 61.3 Å². The standard InChI is InChI=1S/C20H29O.2ClH.Ti/c1-15-12-13-20(16(2)14-15,21-18(3,4)5)19(6,7)17-10-8-9-11-17;;;/h8,10,12,14H,9,13H2,1-7H3;2*1H;/q-1;;;+3/p-2. The third-order valence-electron chi connectivity index (χ3n) is 4.65. The van der Waals surface area contributed by atoms with E-state index in [2.05, 4.69) is 78.8 Å². The predicted octanol–water partition coefficient (Wildman–Crippen LogP) is -0.442. The molecule has 0 saturated heterocycles. The number of allylic oxidation sites excluding steroid dienone is 5. The number of halogens is 2. The van der Waals surface area contributed by atoms with Gasteiger partial charge in [-0.3, -0.25) is 6.08 Å². The van der Waals surface area contributed by atoms with Gasteiger partial charge in [-0.25, -0.2) is 11.6 Å². The first-order chi connectivity index (χ1) is 9.58. The number of rotatable bonds is 3. The molecule has 0 aromatic rings. The summed E-state index contributed by atoms with van der Waals surface area (Å²) in [4.78, 5) is 0. The molecule has 2 rings (SSSR count). The van der Waals surface area contributed by atoms with Crippen molar-refractivity contribution in [1.29, 1.82) is 0 Å². The maximum atomic E-state index is 6.70. The van der Waals surface area contributed by atoms with E-state index in [0.717, 1.165) is 12.8 Å². The average molecular weight is 404 g/mol. The van der Waals surface area contributed by atoms with E-state index in [-0.39, 0.29) is 63.1 Å². The second-order valence-electron chi connectivity index (χ2n) is 7.84. The molecule has 0 N–H and O–H groups in total. The fourth-order valence-corrected chi connectivity index (χ4v) is 3.55. The summed E-state index contributed by atoms with van der Waals surface area (Å²) in [6, 6.07) is 0. The molecule has 0 bridgehead atoms. The maximum absolute atomic E-state index is 6.70. The molecular formula is C20H29Cl2OTi. The molecule has 0 fully saturated rings. The Labute approximate surface area is 175 Å². The SMILES string of the molecule is CC1=CCC(OC(C)(C)C)(C(C)(C)C2=[C-]CC=C2)C(C)=C1.[Cl-].[Cl-].[Ti+3]. The zero-order valence-corrected chi connectivity index (χ0v) is 19.0. The van der Waals surface area contributed by atoms with Gasteiger partial charge in [0, 0.05) is 0 Å². The van der Waals surface area contributed by atoms with Crippen molar-refractivity contribution in [1.82, 2.24) is 0 Å². The molecular weight excluding hydrogens is 375 g/mol. The quantitative estimate of drug-likeness (QED) is 0.458. The van der Waals surface area contributed by atoms with Crippen LogP contribution >= 0.6 is 0 Å². The molecule has 4 heteroatoms. The molecule has 0 aromatic heterocycles. The Balaban J connectivity index is 0. The third-order valence-corrected chi connectivity index (χ3v) is 4.65. The van der Waals surface area contributed by atoms with Crippen molar-refractivity contribution in [2.45, 2.75) is 72.5 Å². The molecule has 2 aliphatic carbocycles. The molecule has 1 unspecified atom stereocenters. The Bertz CT molecular complexity index is 550. The molecule has 0 spiro atoms. The molecule has 133 valence electrons. The van der Waals surface area contributed by atoms with Crippen molar-refractivity contribution in [3.8, 4) is 0 Å². The molecule has 1 nitrogen and oxygen atoms in total. The zero-order chi connectivity index (χ0) is 15.9. The van der Waals surface area contributed by atoms with Gasteiger partial charge in [-0.2, -0.15) is 6.08 Å². The fourth-order valence-electron chi connectivity index (χ4n) is 3.55. The van der Waals surface area contributed by atoms with Crippen LogP contribution in [0.4, 0.5) is 0 Å². The van der Waals surface area contributed by atoms with Crippen LogP contribution in [0.5, 0.6) is 0 Å². The van der Waals surface area contributed by atoms with E-state index in [9.17, 15) is 0 Å². The molecule has 0 saturated carbocycles. The summed E-state index contributed by atoms with van der Waals surface area (Å²) in [5, 5.41) is 0. The third kappa shape index (κ3) is 5.11. The minimum Gasteiger partial charge on any atom is -1.00 e. The van der Waals surface area contributed by atoms with Crippen LogP contribution < -0.4 is 24.8 Å². The molecule has 1 atom stereocenters. The Kier molecular flexibility index (Phi) is 10.2. The van der Waals surface area contributed by atoms with Crippen molar-refractivity contribution in [2.75, 3.05) is 0 Å². The first-order valence-corrected chi connectivity index (χ1v) is 7.92. The minimum absolute atomic E-state index is 0. The molecule has 0 aliphatic heterocycles. The monoisotopic (exact) mass is 403 g/mol. The summed E-state index contributed by atoms with van der Waals surface area (Å²) in [6.07, 6.45) is 14.3. The molecule has 24 heavy (non-hydrogen) atoms. The summed E-state index contributed by atoms with van der Waals surface area (Å²) in [6.45, 7) is 15.4. The van der Waals surface area contributed by atoms with Gasteiger partial charge in [-0.15, -0.1) is 6.42 Å². The molecule has 1 radical (unpaired) electrons. The molecule has 0 aromatic carbocycles. The van der Waals surface area contributed by atoms with Gasteiger partial charge in [0.2, 0.25) is 0 Å². The first kappa shape index (κ1) is 26.4. The molecule has 0 amide bonds. The molecule has 0 heterocycles. The summed E-state index contributed by atoms with van der Waals surface area (Å²) in [7, 11) is 0. The van der Waals surface area contributed by atoms with E-state index in [1.54, 1.807) is 0 Å². The predicted molar refractivity (Wildman–Crippen MR) is 90.0 cm³/mol. The Morgan fingerprint density at radius 1 is 1.08 bits per heavy atom. The summed E-state index contributed by atoms with van der Waals surface area (Å²) < 4.78 is 6.70. The second-order valence-corrected chi connectivity index (χ2v) is 7.84. The van der Waals surface area contributed by atoms with E-state index in [1.807, 2.05) is 0 Å². The van der Waals surface area contributed by atoms with Gasteiger partial charge in [0.15, 0.2) is 0 Å². The van der Waals surface area contributed by atoms with E-state index in [0.29, 0.717) is 0 Å². The zero-order valence-electron chi connectivity index (χ0n) is 15.9. The van der Waals surface area contributed by atoms with Crippen LogP contribution in [0.15, 0.2) is 41.0 Å². The van der Waals surface area contributed by atoms with Crippen molar-refractivity contribution >= 4 is 0 Å². The van der Waals surface area contributed by atoms with Crippen molar-refractivity contribution < 1.29 is 51.3 Å². The van der Waals surface area contributed by atoms with Gasteiger partial charge in [0.1, 0.15) is 0 Å². The first-order valence-electron chi connectivity index (χ1n) is 7.92. The van der Waals surface area contributed by atoms with Gasteiger partial charge in [0.25, 0.3) is 0 Å². The summed E-state index contributed by atoms with van der Waals surface area (Å²) in [5.74, 6) is 0. The van der Waals surface area contributed by atoms with Gasteiger partial charge >= 0.3 is 21.7 Å². The van der Waals surface area contributed by atoms with Crippen LogP contribution in [0.3, 0.4) is 0 Å². The van der Waals surface area contributed by atoms with Gasteiger partial charge in [-0.1, -0.05) is 31.6 Å². The van der Waals surface area contributed by atoms with Crippen LogP contribution in [0.25, 0.3) is 0 Å². The van der Waals surface area contributed by atoms with Crippen LogP contribution in [-0.2, 0) is 26.5 Å². The van der Waals surface area contributed by atoms with Gasteiger partial charge in [0.05, 0.1) is 11.2 Å². The van der Waals surface area contributed by atoms with Crippen molar-refractivity contribution in [3.63, 3.8) is 0 Å². The van der Waals surface area contributed by atoms with Crippen LogP contribution in [0, 0.1) is 11.5 Å². The van der Waals surface area contributed by atoms with Crippen molar-refractivity contribution in [2.24, 2.45) is 5.41 Å². The smallest absolute Gasteiger partial charge is 1.00 e. The minimum atomic E-state index is -0.304. The largest absolute Gasteiger partial charge is 3.00 e. The normalized spacial score (nSPS) is 23.2. The van der Waals surface area contributed by atoms with Crippen molar-refractivity contribution in [3.05, 3.63) is 47.1 Å². The van der Waals surface area contributed by atoms with Gasteiger partial charge in [-0.05, 0) is 52.0 Å². The van der Waals surface area contributed by atoms with E-state index >= 15 is 0 Å². The number of hydrogen-bond donors (Lipinski definition) is 0. The average Bonchev–Trinajstić information content (AvgIpc) is 2.85. The van der Waals surface area contributed by atoms with E-state index in [4.69, 9.17) is 4.74 Å². The second kappa shape index (κ2) is 9.24.